The van der Waals surface area contributed by atoms with Gasteiger partial charge >= 0.3 is 0 Å². The van der Waals surface area contributed by atoms with Crippen molar-refractivity contribution >= 4 is 46.0 Å². The summed E-state index contributed by atoms with van der Waals surface area (Å²) in [6, 6.07) is 12.6. The van der Waals surface area contributed by atoms with Crippen LogP contribution < -0.4 is 10.6 Å². The molecule has 0 aliphatic heterocycles. The minimum Gasteiger partial charge on any atom is -0.340 e. The van der Waals surface area contributed by atoms with Crippen LogP contribution in [0, 0.1) is 6.92 Å². The van der Waals surface area contributed by atoms with Crippen LogP contribution in [0.1, 0.15) is 15.5 Å². The van der Waals surface area contributed by atoms with Gasteiger partial charge in [0.15, 0.2) is 0 Å². The zero-order chi connectivity index (χ0) is 19.5. The van der Waals surface area contributed by atoms with E-state index in [9.17, 15) is 4.79 Å². The van der Waals surface area contributed by atoms with Crippen LogP contribution in [0.5, 0.6) is 0 Å². The summed E-state index contributed by atoms with van der Waals surface area (Å²) in [4.78, 5) is 25.5. The van der Waals surface area contributed by atoms with Gasteiger partial charge < -0.3 is 10.6 Å². The molecule has 3 aromatic heterocycles. The molecule has 0 aliphatic rings. The van der Waals surface area contributed by atoms with E-state index in [0.29, 0.717) is 20.7 Å². The number of rotatable bonds is 5. The molecule has 4 aromatic rings. The molecular formula is C19H15ClN6OS. The summed E-state index contributed by atoms with van der Waals surface area (Å²) >= 11 is 7.11. The number of halogens is 1. The number of anilines is 3. The van der Waals surface area contributed by atoms with Crippen LogP contribution in [0.3, 0.4) is 0 Å². The minimum atomic E-state index is -0.186. The van der Waals surface area contributed by atoms with Gasteiger partial charge in [0.2, 0.25) is 0 Å². The highest BCUT2D eigenvalue weighted by atomic mass is 35.5. The van der Waals surface area contributed by atoms with Crippen LogP contribution in [-0.2, 0) is 0 Å². The van der Waals surface area contributed by atoms with Crippen molar-refractivity contribution in [2.45, 2.75) is 6.92 Å². The molecule has 0 unspecified atom stereocenters. The van der Waals surface area contributed by atoms with Crippen LogP contribution in [0.15, 0.2) is 61.2 Å². The van der Waals surface area contributed by atoms with Crippen LogP contribution in [0.25, 0.3) is 5.82 Å². The highest BCUT2D eigenvalue weighted by Crippen LogP contribution is 2.23. The summed E-state index contributed by atoms with van der Waals surface area (Å²) < 4.78 is 2.46. The number of imidazole rings is 1. The van der Waals surface area contributed by atoms with Crippen molar-refractivity contribution in [2.75, 3.05) is 10.6 Å². The van der Waals surface area contributed by atoms with Crippen LogP contribution in [-0.4, -0.2) is 25.4 Å². The molecule has 0 spiro atoms. The van der Waals surface area contributed by atoms with Gasteiger partial charge in [-0.2, -0.15) is 0 Å². The minimum absolute atomic E-state index is 0.186. The predicted molar refractivity (Wildman–Crippen MR) is 111 cm³/mol. The van der Waals surface area contributed by atoms with E-state index in [1.54, 1.807) is 18.3 Å². The Labute approximate surface area is 170 Å². The number of carbonyl (C=O) groups is 1. The van der Waals surface area contributed by atoms with E-state index in [4.69, 9.17) is 11.6 Å². The molecule has 7 nitrogen and oxygen atoms in total. The first-order valence-corrected chi connectivity index (χ1v) is 9.54. The molecule has 28 heavy (non-hydrogen) atoms. The van der Waals surface area contributed by atoms with Crippen molar-refractivity contribution in [2.24, 2.45) is 0 Å². The summed E-state index contributed by atoms with van der Waals surface area (Å²) in [5.41, 5.74) is 1.53. The fourth-order valence-electron chi connectivity index (χ4n) is 2.58. The fourth-order valence-corrected chi connectivity index (χ4v) is 3.52. The van der Waals surface area contributed by atoms with Gasteiger partial charge in [-0.15, -0.1) is 11.3 Å². The van der Waals surface area contributed by atoms with Crippen molar-refractivity contribution in [1.29, 1.82) is 0 Å². The van der Waals surface area contributed by atoms with Crippen molar-refractivity contribution in [3.05, 3.63) is 76.2 Å². The molecule has 0 aliphatic carbocycles. The van der Waals surface area contributed by atoms with Gasteiger partial charge in [-0.3, -0.25) is 9.36 Å². The van der Waals surface area contributed by atoms with Crippen LogP contribution >= 0.6 is 22.9 Å². The second-order valence-corrected chi connectivity index (χ2v) is 7.58. The van der Waals surface area contributed by atoms with Crippen molar-refractivity contribution in [3.8, 4) is 5.82 Å². The van der Waals surface area contributed by atoms with E-state index in [1.165, 1.54) is 17.7 Å². The summed E-state index contributed by atoms with van der Waals surface area (Å²) in [5.74, 6) is 2.04. The van der Waals surface area contributed by atoms with Gasteiger partial charge in [0, 0.05) is 29.8 Å². The van der Waals surface area contributed by atoms with E-state index in [1.807, 2.05) is 48.0 Å². The van der Waals surface area contributed by atoms with E-state index in [0.717, 1.165) is 17.3 Å². The number of hydrogen-bond donors (Lipinski definition) is 2. The number of nitrogens with one attached hydrogen (secondary N) is 2. The number of hydrogen-bond acceptors (Lipinski definition) is 6. The van der Waals surface area contributed by atoms with E-state index >= 15 is 0 Å². The molecule has 0 saturated heterocycles. The molecular weight excluding hydrogens is 396 g/mol. The Kier molecular flexibility index (Phi) is 5.05. The molecule has 2 N–H and O–H groups in total. The zero-order valence-corrected chi connectivity index (χ0v) is 16.3. The second-order valence-electron chi connectivity index (χ2n) is 5.87. The van der Waals surface area contributed by atoms with E-state index in [-0.39, 0.29) is 5.91 Å². The lowest BCUT2D eigenvalue weighted by Gasteiger charge is -2.09. The Morgan fingerprint density at radius 2 is 1.86 bits per heavy atom. The fraction of sp³-hybridized carbons (Fsp3) is 0.0526. The van der Waals surface area contributed by atoms with Crippen LogP contribution in [0.4, 0.5) is 17.2 Å². The molecule has 3 heterocycles. The Bertz CT molecular complexity index is 1120. The lowest BCUT2D eigenvalue weighted by atomic mass is 10.2. The Balaban J connectivity index is 1.45. The number of thiophene rings is 1. The highest BCUT2D eigenvalue weighted by molar-refractivity contribution is 7.18. The van der Waals surface area contributed by atoms with Crippen molar-refractivity contribution < 1.29 is 4.79 Å². The van der Waals surface area contributed by atoms with Gasteiger partial charge in [0.1, 0.15) is 23.8 Å². The van der Waals surface area contributed by atoms with Gasteiger partial charge in [-0.25, -0.2) is 15.0 Å². The lowest BCUT2D eigenvalue weighted by Crippen LogP contribution is -2.09. The average molecular weight is 411 g/mol. The Hall–Kier alpha value is -3.23. The third kappa shape index (κ3) is 4.03. The SMILES string of the molecule is Cc1nccn1-c1cc(Nc2ccc(NC(=O)c3ccc(Cl)s3)cc2)ncn1. The number of aryl methyl sites for hydroxylation is 1. The maximum absolute atomic E-state index is 12.2. The maximum Gasteiger partial charge on any atom is 0.265 e. The maximum atomic E-state index is 12.2. The van der Waals surface area contributed by atoms with Crippen molar-refractivity contribution in [3.63, 3.8) is 0 Å². The van der Waals surface area contributed by atoms with Gasteiger partial charge in [-0.05, 0) is 43.3 Å². The van der Waals surface area contributed by atoms with Gasteiger partial charge in [-0.1, -0.05) is 11.6 Å². The molecule has 0 atom stereocenters. The second kappa shape index (κ2) is 7.79. The zero-order valence-electron chi connectivity index (χ0n) is 14.8. The predicted octanol–water partition coefficient (Wildman–Crippen LogP) is 4.68. The first kappa shape index (κ1) is 18.1. The molecule has 0 fully saturated rings. The Morgan fingerprint density at radius 3 is 2.54 bits per heavy atom. The van der Waals surface area contributed by atoms with Gasteiger partial charge in [0.25, 0.3) is 5.91 Å². The highest BCUT2D eigenvalue weighted by Gasteiger charge is 2.09. The topological polar surface area (TPSA) is 84.7 Å². The third-order valence-electron chi connectivity index (χ3n) is 3.94. The largest absolute Gasteiger partial charge is 0.340 e. The van der Waals surface area contributed by atoms with Crippen LogP contribution in [0.2, 0.25) is 4.34 Å². The first-order chi connectivity index (χ1) is 13.6. The van der Waals surface area contributed by atoms with Gasteiger partial charge in [0.05, 0.1) is 9.21 Å². The number of aromatic nitrogens is 4. The molecule has 1 aromatic carbocycles. The Morgan fingerprint density at radius 1 is 1.07 bits per heavy atom. The smallest absolute Gasteiger partial charge is 0.265 e. The summed E-state index contributed by atoms with van der Waals surface area (Å²) in [6.07, 6.45) is 5.07. The average Bonchev–Trinajstić information content (AvgIpc) is 3.32. The number of benzene rings is 1. The third-order valence-corrected chi connectivity index (χ3v) is 5.17. The molecule has 4 rings (SSSR count). The standard InChI is InChI=1S/C19H15ClN6OS/c1-12-21-8-9-26(12)18-10-17(22-11-23-18)24-13-2-4-14(5-3-13)25-19(27)15-6-7-16(20)28-15/h2-11H,1H3,(H,25,27)(H,22,23,24). The first-order valence-electron chi connectivity index (χ1n) is 8.34. The number of amides is 1. The summed E-state index contributed by atoms with van der Waals surface area (Å²) in [7, 11) is 0. The summed E-state index contributed by atoms with van der Waals surface area (Å²) in [6.45, 7) is 1.91. The lowest BCUT2D eigenvalue weighted by molar-refractivity contribution is 0.103. The summed E-state index contributed by atoms with van der Waals surface area (Å²) in [5, 5.41) is 6.07. The van der Waals surface area contributed by atoms with E-state index < -0.39 is 0 Å². The monoisotopic (exact) mass is 410 g/mol. The molecule has 0 radical (unpaired) electrons. The number of carbonyl (C=O) groups excluding carboxylic acids is 1. The molecule has 140 valence electrons. The normalized spacial score (nSPS) is 10.6. The van der Waals surface area contributed by atoms with Crippen molar-refractivity contribution in [1.82, 2.24) is 19.5 Å². The molecule has 9 heteroatoms. The molecule has 1 amide bonds. The molecule has 0 saturated carbocycles. The quantitative estimate of drug-likeness (QED) is 0.499. The molecule has 0 bridgehead atoms. The number of nitrogens with zero attached hydrogens (tertiary/aromatic N) is 4. The van der Waals surface area contributed by atoms with E-state index in [2.05, 4.69) is 25.6 Å².